The van der Waals surface area contributed by atoms with Gasteiger partial charge in [-0.3, -0.25) is 14.4 Å². The molecule has 2 aromatic carbocycles. The summed E-state index contributed by atoms with van der Waals surface area (Å²) < 4.78 is 30.1. The number of nitrogens with zero attached hydrogens (tertiary/aromatic N) is 3. The highest BCUT2D eigenvalue weighted by molar-refractivity contribution is 5.96. The highest BCUT2D eigenvalue weighted by Crippen LogP contribution is 2.32. The van der Waals surface area contributed by atoms with E-state index < -0.39 is 11.3 Å². The number of aromatic nitrogens is 3. The average molecular weight is 606 g/mol. The Morgan fingerprint density at radius 3 is 2.23 bits per heavy atom. The van der Waals surface area contributed by atoms with Crippen LogP contribution in [0, 0.1) is 0 Å². The number of aryl methyl sites for hydroxylation is 1. The normalized spacial score (nSPS) is 14.8. The molecule has 0 unspecified atom stereocenters. The maximum absolute atomic E-state index is 13.3. The number of pyridine rings is 1. The van der Waals surface area contributed by atoms with Gasteiger partial charge in [0.1, 0.15) is 18.8 Å². The van der Waals surface area contributed by atoms with Crippen LogP contribution >= 0.6 is 0 Å². The van der Waals surface area contributed by atoms with Crippen LogP contribution < -0.4 is 25.7 Å². The van der Waals surface area contributed by atoms with Crippen molar-refractivity contribution >= 4 is 28.6 Å². The SMILES string of the molecule is CCc1ccc(-n2cc(C(=O)NOC)c(=O)c3cnc(Nc4ccc5c(c4)OCCOCCOCCOCCO5)nc32)cc1. The van der Waals surface area contributed by atoms with E-state index in [1.807, 2.05) is 30.3 Å². The molecule has 0 spiro atoms. The monoisotopic (exact) mass is 605 g/mol. The van der Waals surface area contributed by atoms with Gasteiger partial charge in [0, 0.05) is 29.8 Å². The molecule has 0 radical (unpaired) electrons. The highest BCUT2D eigenvalue weighted by Gasteiger charge is 2.19. The van der Waals surface area contributed by atoms with Crippen molar-refractivity contribution < 1.29 is 33.3 Å². The number of ether oxygens (including phenoxy) is 5. The standard InChI is InChI=1S/C31H35N5O8/c1-3-21-4-7-23(8-5-21)36-20-25(30(38)35-39-2)28(37)24-19-32-31(34-29(24)36)33-22-6-9-26-27(18-22)44-17-15-42-13-11-40-10-12-41-14-16-43-26/h4-9,18-20H,3,10-17H2,1-2H3,(H,35,38)(H,32,33,34). The molecule has 1 amide bonds. The second-order valence-electron chi connectivity index (χ2n) is 9.65. The molecule has 13 nitrogen and oxygen atoms in total. The lowest BCUT2D eigenvalue weighted by molar-refractivity contribution is 0.00708. The molecule has 0 aliphatic carbocycles. The Labute approximate surface area is 254 Å². The highest BCUT2D eigenvalue weighted by atomic mass is 16.6. The molecule has 13 heteroatoms. The Kier molecular flexibility index (Phi) is 10.7. The molecule has 232 valence electrons. The lowest BCUT2D eigenvalue weighted by atomic mass is 10.1. The van der Waals surface area contributed by atoms with Crippen LogP contribution in [0.1, 0.15) is 22.8 Å². The zero-order valence-electron chi connectivity index (χ0n) is 24.7. The van der Waals surface area contributed by atoms with Gasteiger partial charge in [0.15, 0.2) is 17.1 Å². The minimum atomic E-state index is -0.673. The third kappa shape index (κ3) is 7.68. The molecule has 4 aromatic rings. The number of fused-ring (bicyclic) bond motifs is 2. The first-order chi connectivity index (χ1) is 21.6. The zero-order valence-corrected chi connectivity index (χ0v) is 24.7. The quantitative estimate of drug-likeness (QED) is 0.313. The van der Waals surface area contributed by atoms with Gasteiger partial charge < -0.3 is 33.6 Å². The molecule has 5 rings (SSSR count). The van der Waals surface area contributed by atoms with Crippen molar-refractivity contribution in [3.8, 4) is 17.2 Å². The molecular formula is C31H35N5O8. The number of amides is 1. The first-order valence-electron chi connectivity index (χ1n) is 14.3. The number of rotatable bonds is 6. The molecule has 0 saturated heterocycles. The average Bonchev–Trinajstić information content (AvgIpc) is 3.05. The largest absolute Gasteiger partial charge is 0.487 e. The summed E-state index contributed by atoms with van der Waals surface area (Å²) in [7, 11) is 1.30. The fourth-order valence-electron chi connectivity index (χ4n) is 4.48. The second kappa shape index (κ2) is 15.3. The number of hydroxylamine groups is 1. The summed E-state index contributed by atoms with van der Waals surface area (Å²) in [5, 5.41) is 3.36. The summed E-state index contributed by atoms with van der Waals surface area (Å²) in [5.41, 5.74) is 4.40. The van der Waals surface area contributed by atoms with E-state index in [0.29, 0.717) is 81.4 Å². The van der Waals surface area contributed by atoms with Crippen molar-refractivity contribution in [2.45, 2.75) is 13.3 Å². The Morgan fingerprint density at radius 1 is 0.909 bits per heavy atom. The van der Waals surface area contributed by atoms with Crippen molar-refractivity contribution in [3.63, 3.8) is 0 Å². The molecule has 2 N–H and O–H groups in total. The molecule has 1 aliphatic heterocycles. The van der Waals surface area contributed by atoms with Crippen LogP contribution in [0.4, 0.5) is 11.6 Å². The van der Waals surface area contributed by atoms with Gasteiger partial charge in [0.2, 0.25) is 11.4 Å². The fourth-order valence-corrected chi connectivity index (χ4v) is 4.48. The Bertz CT molecular complexity index is 1630. The van der Waals surface area contributed by atoms with Gasteiger partial charge in [0.25, 0.3) is 5.91 Å². The van der Waals surface area contributed by atoms with E-state index in [-0.39, 0.29) is 16.9 Å². The zero-order chi connectivity index (χ0) is 30.7. The predicted octanol–water partition coefficient (Wildman–Crippen LogP) is 3.20. The Morgan fingerprint density at radius 2 is 1.57 bits per heavy atom. The molecule has 0 atom stereocenters. The lowest BCUT2D eigenvalue weighted by Crippen LogP contribution is -2.29. The molecule has 44 heavy (non-hydrogen) atoms. The second-order valence-corrected chi connectivity index (χ2v) is 9.65. The lowest BCUT2D eigenvalue weighted by Gasteiger charge is -2.16. The maximum atomic E-state index is 13.3. The smallest absolute Gasteiger partial charge is 0.280 e. The summed E-state index contributed by atoms with van der Waals surface area (Å²) in [6.45, 7) is 5.41. The first-order valence-corrected chi connectivity index (χ1v) is 14.3. The van der Waals surface area contributed by atoms with Crippen molar-refractivity contribution in [1.29, 1.82) is 0 Å². The van der Waals surface area contributed by atoms with Gasteiger partial charge >= 0.3 is 0 Å². The van der Waals surface area contributed by atoms with E-state index in [1.54, 1.807) is 16.7 Å². The topological polar surface area (TPSA) is 144 Å². The first kappa shape index (κ1) is 30.9. The van der Waals surface area contributed by atoms with Crippen molar-refractivity contribution in [2.24, 2.45) is 0 Å². The summed E-state index contributed by atoms with van der Waals surface area (Å²) in [4.78, 5) is 39.7. The number of carbonyl (C=O) groups excluding carboxylic acids is 1. The maximum Gasteiger partial charge on any atom is 0.280 e. The minimum absolute atomic E-state index is 0.107. The number of hydrogen-bond donors (Lipinski definition) is 2. The Hall–Kier alpha value is -4.56. The Balaban J connectivity index is 1.46. The van der Waals surface area contributed by atoms with E-state index in [4.69, 9.17) is 28.5 Å². The van der Waals surface area contributed by atoms with Gasteiger partial charge in [0.05, 0.1) is 52.1 Å². The van der Waals surface area contributed by atoms with Crippen LogP contribution in [-0.4, -0.2) is 80.4 Å². The van der Waals surface area contributed by atoms with Gasteiger partial charge in [-0.1, -0.05) is 19.1 Å². The van der Waals surface area contributed by atoms with E-state index in [2.05, 4.69) is 27.7 Å². The number of benzene rings is 2. The van der Waals surface area contributed by atoms with Crippen molar-refractivity contribution in [3.05, 3.63) is 76.2 Å². The van der Waals surface area contributed by atoms with Gasteiger partial charge in [-0.2, -0.15) is 4.98 Å². The summed E-state index contributed by atoms with van der Waals surface area (Å²) in [5.74, 6) is 0.621. The van der Waals surface area contributed by atoms with E-state index in [9.17, 15) is 9.59 Å². The molecule has 0 fully saturated rings. The van der Waals surface area contributed by atoms with Crippen molar-refractivity contribution in [2.75, 3.05) is 65.3 Å². The van der Waals surface area contributed by atoms with Crippen LogP contribution in [0.25, 0.3) is 16.7 Å². The van der Waals surface area contributed by atoms with Crippen LogP contribution in [0.2, 0.25) is 0 Å². The van der Waals surface area contributed by atoms with E-state index in [0.717, 1.165) is 12.0 Å². The molecule has 2 aromatic heterocycles. The molecule has 3 heterocycles. The molecule has 0 bridgehead atoms. The van der Waals surface area contributed by atoms with E-state index in [1.165, 1.54) is 19.5 Å². The number of hydrogen-bond acceptors (Lipinski definition) is 11. The number of nitrogens with one attached hydrogen (secondary N) is 2. The van der Waals surface area contributed by atoms with Gasteiger partial charge in [-0.05, 0) is 36.2 Å². The molecule has 0 saturated carbocycles. The summed E-state index contributed by atoms with van der Waals surface area (Å²) in [6.07, 6.45) is 3.72. The number of anilines is 2. The number of carbonyl (C=O) groups is 1. The van der Waals surface area contributed by atoms with Crippen molar-refractivity contribution in [1.82, 2.24) is 20.0 Å². The van der Waals surface area contributed by atoms with Gasteiger partial charge in [-0.15, -0.1) is 0 Å². The van der Waals surface area contributed by atoms with Gasteiger partial charge in [-0.25, -0.2) is 10.5 Å². The molecule has 1 aliphatic rings. The van der Waals surface area contributed by atoms with Crippen LogP contribution in [0.15, 0.2) is 59.7 Å². The van der Waals surface area contributed by atoms with Crippen LogP contribution in [0.3, 0.4) is 0 Å². The summed E-state index contributed by atoms with van der Waals surface area (Å²) >= 11 is 0. The van der Waals surface area contributed by atoms with Crippen LogP contribution in [-0.2, 0) is 25.5 Å². The van der Waals surface area contributed by atoms with Crippen LogP contribution in [0.5, 0.6) is 11.5 Å². The third-order valence-corrected chi connectivity index (χ3v) is 6.72. The summed E-state index contributed by atoms with van der Waals surface area (Å²) in [6, 6.07) is 13.2. The minimum Gasteiger partial charge on any atom is -0.487 e. The molecular weight excluding hydrogens is 570 g/mol. The predicted molar refractivity (Wildman–Crippen MR) is 162 cm³/mol. The van der Waals surface area contributed by atoms with E-state index >= 15 is 0 Å². The third-order valence-electron chi connectivity index (χ3n) is 6.72. The fraction of sp³-hybridized carbons (Fsp3) is 0.355.